The molecule has 2 rings (SSSR count). The van der Waals surface area contributed by atoms with E-state index in [2.05, 4.69) is 26.9 Å². The summed E-state index contributed by atoms with van der Waals surface area (Å²) in [5.41, 5.74) is 2.20. The molecule has 0 aliphatic rings. The Morgan fingerprint density at radius 2 is 2.25 bits per heavy atom. The number of aryl methyl sites for hydroxylation is 1. The van der Waals surface area contributed by atoms with E-state index in [9.17, 15) is 0 Å². The van der Waals surface area contributed by atoms with E-state index in [-0.39, 0.29) is 0 Å². The van der Waals surface area contributed by atoms with Crippen molar-refractivity contribution < 1.29 is 0 Å². The summed E-state index contributed by atoms with van der Waals surface area (Å²) < 4.78 is 2.11. The molecule has 3 heteroatoms. The number of terminal acetylenes is 1. The van der Waals surface area contributed by atoms with Crippen LogP contribution in [-0.4, -0.2) is 16.1 Å². The van der Waals surface area contributed by atoms with Crippen molar-refractivity contribution in [2.45, 2.75) is 13.0 Å². The summed E-state index contributed by atoms with van der Waals surface area (Å²) in [4.78, 5) is 4.56. The predicted molar refractivity (Wildman–Crippen MR) is 65.9 cm³/mol. The molecule has 0 saturated heterocycles. The molecule has 0 amide bonds. The fourth-order valence-corrected chi connectivity index (χ4v) is 1.71. The lowest BCUT2D eigenvalue weighted by Gasteiger charge is -2.02. The summed E-state index contributed by atoms with van der Waals surface area (Å²) in [5, 5.41) is 3.28. The Morgan fingerprint density at radius 1 is 1.44 bits per heavy atom. The summed E-state index contributed by atoms with van der Waals surface area (Å²) in [5.74, 6) is 3.65. The van der Waals surface area contributed by atoms with Crippen LogP contribution in [0.4, 0.5) is 0 Å². The summed E-state index contributed by atoms with van der Waals surface area (Å²) in [6, 6.07) is 8.14. The second-order valence-corrected chi connectivity index (χ2v) is 3.71. The summed E-state index contributed by atoms with van der Waals surface area (Å²) in [6.07, 6.45) is 5.94. The van der Waals surface area contributed by atoms with E-state index >= 15 is 0 Å². The molecule has 1 aromatic heterocycles. The SMILES string of the molecule is C#CCCNCc1nc2ccccc2n1C. The fourth-order valence-electron chi connectivity index (χ4n) is 1.71. The fraction of sp³-hybridized carbons (Fsp3) is 0.308. The van der Waals surface area contributed by atoms with Gasteiger partial charge in [0.2, 0.25) is 0 Å². The maximum atomic E-state index is 5.19. The minimum absolute atomic E-state index is 0.754. The van der Waals surface area contributed by atoms with Gasteiger partial charge in [0.1, 0.15) is 5.82 Å². The number of nitrogens with one attached hydrogen (secondary N) is 1. The quantitative estimate of drug-likeness (QED) is 0.618. The number of benzene rings is 1. The Labute approximate surface area is 95.5 Å². The molecule has 0 radical (unpaired) electrons. The highest BCUT2D eigenvalue weighted by atomic mass is 15.1. The molecule has 2 aromatic rings. The van der Waals surface area contributed by atoms with Crippen LogP contribution in [-0.2, 0) is 13.6 Å². The topological polar surface area (TPSA) is 29.9 Å². The van der Waals surface area contributed by atoms with Gasteiger partial charge in [-0.15, -0.1) is 12.3 Å². The van der Waals surface area contributed by atoms with Gasteiger partial charge in [0, 0.05) is 20.0 Å². The molecule has 1 aromatic carbocycles. The largest absolute Gasteiger partial charge is 0.330 e. The Kier molecular flexibility index (Phi) is 3.23. The van der Waals surface area contributed by atoms with Crippen LogP contribution in [0.2, 0.25) is 0 Å². The Morgan fingerprint density at radius 3 is 3.00 bits per heavy atom. The van der Waals surface area contributed by atoms with Crippen molar-refractivity contribution in [1.82, 2.24) is 14.9 Å². The number of imidazole rings is 1. The van der Waals surface area contributed by atoms with Gasteiger partial charge in [0.25, 0.3) is 0 Å². The molecule has 0 unspecified atom stereocenters. The number of para-hydroxylation sites is 2. The van der Waals surface area contributed by atoms with Crippen molar-refractivity contribution in [1.29, 1.82) is 0 Å². The molecular weight excluding hydrogens is 198 g/mol. The first kappa shape index (κ1) is 10.7. The van der Waals surface area contributed by atoms with Gasteiger partial charge in [0.15, 0.2) is 0 Å². The van der Waals surface area contributed by atoms with E-state index in [1.807, 2.05) is 25.2 Å². The smallest absolute Gasteiger partial charge is 0.123 e. The third-order valence-corrected chi connectivity index (χ3v) is 2.61. The molecule has 1 heterocycles. The highest BCUT2D eigenvalue weighted by Crippen LogP contribution is 2.13. The second-order valence-electron chi connectivity index (χ2n) is 3.71. The van der Waals surface area contributed by atoms with E-state index in [4.69, 9.17) is 6.42 Å². The van der Waals surface area contributed by atoms with Crippen LogP contribution < -0.4 is 5.32 Å². The Bertz CT molecular complexity index is 519. The van der Waals surface area contributed by atoms with Gasteiger partial charge in [-0.1, -0.05) is 12.1 Å². The maximum absolute atomic E-state index is 5.19. The molecule has 0 spiro atoms. The Balaban J connectivity index is 2.13. The lowest BCUT2D eigenvalue weighted by molar-refractivity contribution is 0.651. The zero-order valence-electron chi connectivity index (χ0n) is 9.40. The molecule has 0 bridgehead atoms. The first-order chi connectivity index (χ1) is 7.83. The van der Waals surface area contributed by atoms with Crippen molar-refractivity contribution in [2.24, 2.45) is 7.05 Å². The van der Waals surface area contributed by atoms with Gasteiger partial charge in [-0.05, 0) is 12.1 Å². The predicted octanol–water partition coefficient (Wildman–Crippen LogP) is 1.69. The molecule has 0 atom stereocenters. The molecule has 16 heavy (non-hydrogen) atoms. The van der Waals surface area contributed by atoms with Crippen molar-refractivity contribution in [3.63, 3.8) is 0 Å². The van der Waals surface area contributed by atoms with E-state index in [0.717, 1.165) is 36.4 Å². The standard InChI is InChI=1S/C13H15N3/c1-3-4-9-14-10-13-15-11-7-5-6-8-12(11)16(13)2/h1,5-8,14H,4,9-10H2,2H3. The Hall–Kier alpha value is -1.79. The van der Waals surface area contributed by atoms with Crippen LogP contribution in [0.25, 0.3) is 11.0 Å². The molecule has 0 saturated carbocycles. The minimum Gasteiger partial charge on any atom is -0.330 e. The third kappa shape index (κ3) is 2.07. The maximum Gasteiger partial charge on any atom is 0.123 e. The molecule has 82 valence electrons. The number of hydrogen-bond acceptors (Lipinski definition) is 2. The highest BCUT2D eigenvalue weighted by Gasteiger charge is 2.05. The van der Waals surface area contributed by atoms with Crippen molar-refractivity contribution >= 4 is 11.0 Å². The summed E-state index contributed by atoms with van der Waals surface area (Å²) >= 11 is 0. The van der Waals surface area contributed by atoms with Gasteiger partial charge in [-0.2, -0.15) is 0 Å². The van der Waals surface area contributed by atoms with Gasteiger partial charge >= 0.3 is 0 Å². The van der Waals surface area contributed by atoms with Crippen molar-refractivity contribution in [3.05, 3.63) is 30.1 Å². The highest BCUT2D eigenvalue weighted by molar-refractivity contribution is 5.75. The molecule has 3 nitrogen and oxygen atoms in total. The summed E-state index contributed by atoms with van der Waals surface area (Å²) in [7, 11) is 2.04. The zero-order chi connectivity index (χ0) is 11.4. The molecule has 1 N–H and O–H groups in total. The number of nitrogens with zero attached hydrogens (tertiary/aromatic N) is 2. The minimum atomic E-state index is 0.754. The first-order valence-corrected chi connectivity index (χ1v) is 5.37. The van der Waals surface area contributed by atoms with E-state index in [1.165, 1.54) is 0 Å². The van der Waals surface area contributed by atoms with Crippen molar-refractivity contribution in [3.8, 4) is 12.3 Å². The molecular formula is C13H15N3. The van der Waals surface area contributed by atoms with Crippen LogP contribution in [0.1, 0.15) is 12.2 Å². The number of hydrogen-bond donors (Lipinski definition) is 1. The lowest BCUT2D eigenvalue weighted by Crippen LogP contribution is -2.17. The van der Waals surface area contributed by atoms with Gasteiger partial charge in [-0.25, -0.2) is 4.98 Å². The third-order valence-electron chi connectivity index (χ3n) is 2.61. The van der Waals surface area contributed by atoms with E-state index in [1.54, 1.807) is 0 Å². The van der Waals surface area contributed by atoms with Gasteiger partial charge < -0.3 is 9.88 Å². The second kappa shape index (κ2) is 4.82. The van der Waals surface area contributed by atoms with Crippen molar-refractivity contribution in [2.75, 3.05) is 6.54 Å². The van der Waals surface area contributed by atoms with Gasteiger partial charge in [0.05, 0.1) is 17.6 Å². The summed E-state index contributed by atoms with van der Waals surface area (Å²) in [6.45, 7) is 1.59. The van der Waals surface area contributed by atoms with Crippen LogP contribution >= 0.6 is 0 Å². The van der Waals surface area contributed by atoms with E-state index in [0.29, 0.717) is 0 Å². The zero-order valence-corrected chi connectivity index (χ0v) is 9.40. The van der Waals surface area contributed by atoms with Gasteiger partial charge in [-0.3, -0.25) is 0 Å². The number of aromatic nitrogens is 2. The molecule has 0 aliphatic heterocycles. The number of fused-ring (bicyclic) bond motifs is 1. The molecule has 0 aliphatic carbocycles. The molecule has 0 fully saturated rings. The average Bonchev–Trinajstić information content (AvgIpc) is 2.63. The monoisotopic (exact) mass is 213 g/mol. The normalized spacial score (nSPS) is 10.5. The average molecular weight is 213 g/mol. The van der Waals surface area contributed by atoms with Crippen LogP contribution in [0, 0.1) is 12.3 Å². The van der Waals surface area contributed by atoms with Crippen LogP contribution in [0.3, 0.4) is 0 Å². The lowest BCUT2D eigenvalue weighted by atomic mass is 10.3. The number of rotatable bonds is 4. The van der Waals surface area contributed by atoms with Crippen LogP contribution in [0.15, 0.2) is 24.3 Å². The van der Waals surface area contributed by atoms with E-state index < -0.39 is 0 Å². The van der Waals surface area contributed by atoms with Crippen LogP contribution in [0.5, 0.6) is 0 Å². The first-order valence-electron chi connectivity index (χ1n) is 5.37.